The third-order valence-electron chi connectivity index (χ3n) is 4.68. The van der Waals surface area contributed by atoms with Crippen LogP contribution in [-0.4, -0.2) is 24.3 Å². The highest BCUT2D eigenvalue weighted by atomic mass is 16.5. The summed E-state index contributed by atoms with van der Waals surface area (Å²) in [4.78, 5) is 17.9. The van der Waals surface area contributed by atoms with Crippen molar-refractivity contribution in [3.8, 4) is 0 Å². The topological polar surface area (TPSA) is 69.2 Å². The van der Waals surface area contributed by atoms with E-state index in [1.54, 1.807) is 6.08 Å². The zero-order valence-electron chi connectivity index (χ0n) is 12.9. The first-order valence-corrected chi connectivity index (χ1v) is 8.06. The molecule has 23 heavy (non-hydrogen) atoms. The van der Waals surface area contributed by atoms with Crippen LogP contribution in [0.4, 0.5) is 5.69 Å². The molecule has 1 fully saturated rings. The first-order chi connectivity index (χ1) is 11.3. The van der Waals surface area contributed by atoms with Crippen LogP contribution < -0.4 is 10.5 Å². The summed E-state index contributed by atoms with van der Waals surface area (Å²) in [5.74, 6) is 0.493. The van der Waals surface area contributed by atoms with Gasteiger partial charge in [0.15, 0.2) is 0 Å². The molecule has 2 N–H and O–H groups in total. The van der Waals surface area contributed by atoms with Gasteiger partial charge in [0.2, 0.25) is 0 Å². The molecule has 1 saturated heterocycles. The summed E-state index contributed by atoms with van der Waals surface area (Å²) >= 11 is 0. The Morgan fingerprint density at radius 2 is 2.04 bits per heavy atom. The smallest absolute Gasteiger partial charge is 0.255 e. The average Bonchev–Trinajstić information content (AvgIpc) is 2.62. The molecule has 1 aromatic carbocycles. The van der Waals surface area contributed by atoms with E-state index in [-0.39, 0.29) is 12.2 Å². The second kappa shape index (κ2) is 5.57. The quantitative estimate of drug-likeness (QED) is 0.838. The molecule has 0 radical (unpaired) electrons. The van der Waals surface area contributed by atoms with Gasteiger partial charge in [-0.2, -0.15) is 0 Å². The van der Waals surface area contributed by atoms with Crippen molar-refractivity contribution in [1.29, 1.82) is 5.41 Å². The number of aromatic nitrogens is 1. The van der Waals surface area contributed by atoms with Crippen molar-refractivity contribution in [3.05, 3.63) is 45.4 Å². The van der Waals surface area contributed by atoms with Crippen molar-refractivity contribution in [2.75, 3.05) is 18.0 Å². The molecule has 0 amide bonds. The standard InChI is InChI=1S/C18H19N3O2/c19-10-12-9-14-13-5-4-6-16(21-7-2-1-3-8-21)17(13)20-18(22)15(14)11-23-12/h4-6,9-10,19H,1-3,7-8,11H2,(H,20,22). The molecule has 5 heteroatoms. The molecule has 0 spiro atoms. The fourth-order valence-electron chi connectivity index (χ4n) is 3.50. The highest BCUT2D eigenvalue weighted by Gasteiger charge is 2.20. The van der Waals surface area contributed by atoms with Crippen molar-refractivity contribution in [2.45, 2.75) is 25.9 Å². The van der Waals surface area contributed by atoms with Gasteiger partial charge in [0, 0.05) is 18.5 Å². The van der Waals surface area contributed by atoms with E-state index >= 15 is 0 Å². The fraction of sp³-hybridized carbons (Fsp3) is 0.333. The number of piperidine rings is 1. The molecule has 0 saturated carbocycles. The lowest BCUT2D eigenvalue weighted by Crippen LogP contribution is -2.30. The van der Waals surface area contributed by atoms with Crippen LogP contribution >= 0.6 is 0 Å². The van der Waals surface area contributed by atoms with Crippen molar-refractivity contribution < 1.29 is 4.74 Å². The molecule has 4 rings (SSSR count). The SMILES string of the molecule is N=CC1=Cc2c(c(=O)[nH]c3c(N4CCCCC4)cccc23)CO1. The molecule has 2 aromatic rings. The number of fused-ring (bicyclic) bond motifs is 3. The molecule has 1 aromatic heterocycles. The Kier molecular flexibility index (Phi) is 3.41. The van der Waals surface area contributed by atoms with Crippen LogP contribution in [0.1, 0.15) is 30.4 Å². The van der Waals surface area contributed by atoms with Gasteiger partial charge in [0.25, 0.3) is 5.56 Å². The Balaban J connectivity index is 1.96. The molecular weight excluding hydrogens is 290 g/mol. The second-order valence-corrected chi connectivity index (χ2v) is 6.07. The minimum absolute atomic E-state index is 0.0998. The Bertz CT molecular complexity index is 860. The first-order valence-electron chi connectivity index (χ1n) is 8.06. The number of ether oxygens (including phenoxy) is 1. The average molecular weight is 309 g/mol. The molecule has 2 aliphatic rings. The van der Waals surface area contributed by atoms with Gasteiger partial charge in [-0.3, -0.25) is 4.79 Å². The molecule has 0 unspecified atom stereocenters. The van der Waals surface area contributed by atoms with Crippen LogP contribution in [0.2, 0.25) is 0 Å². The molecule has 2 aliphatic heterocycles. The largest absolute Gasteiger partial charge is 0.487 e. The van der Waals surface area contributed by atoms with Crippen LogP contribution in [-0.2, 0) is 11.3 Å². The van der Waals surface area contributed by atoms with Gasteiger partial charge in [-0.1, -0.05) is 12.1 Å². The maximum Gasteiger partial charge on any atom is 0.255 e. The Morgan fingerprint density at radius 1 is 1.22 bits per heavy atom. The van der Waals surface area contributed by atoms with Gasteiger partial charge in [-0.25, -0.2) is 0 Å². The summed E-state index contributed by atoms with van der Waals surface area (Å²) in [5.41, 5.74) is 3.41. The number of H-pyrrole nitrogens is 1. The third kappa shape index (κ3) is 2.32. The number of nitrogens with one attached hydrogen (secondary N) is 2. The lowest BCUT2D eigenvalue weighted by molar-refractivity contribution is 0.216. The van der Waals surface area contributed by atoms with Gasteiger partial charge in [0.1, 0.15) is 12.4 Å². The normalized spacial score (nSPS) is 17.4. The zero-order valence-corrected chi connectivity index (χ0v) is 12.9. The van der Waals surface area contributed by atoms with E-state index in [2.05, 4.69) is 16.0 Å². The summed E-state index contributed by atoms with van der Waals surface area (Å²) in [6.45, 7) is 2.28. The minimum Gasteiger partial charge on any atom is -0.487 e. The summed E-state index contributed by atoms with van der Waals surface area (Å²) in [7, 11) is 0. The number of pyridine rings is 1. The van der Waals surface area contributed by atoms with Crippen LogP contribution in [0.5, 0.6) is 0 Å². The van der Waals surface area contributed by atoms with Gasteiger partial charge in [-0.05, 0) is 37.0 Å². The number of allylic oxidation sites excluding steroid dienone is 1. The fourth-order valence-corrected chi connectivity index (χ4v) is 3.50. The molecule has 0 atom stereocenters. The zero-order chi connectivity index (χ0) is 15.8. The van der Waals surface area contributed by atoms with E-state index < -0.39 is 0 Å². The van der Waals surface area contributed by atoms with Crippen LogP contribution in [0.25, 0.3) is 17.0 Å². The van der Waals surface area contributed by atoms with E-state index in [1.165, 1.54) is 25.5 Å². The minimum atomic E-state index is -0.0998. The molecule has 118 valence electrons. The van der Waals surface area contributed by atoms with Crippen molar-refractivity contribution in [1.82, 2.24) is 4.98 Å². The number of hydrogen-bond acceptors (Lipinski definition) is 4. The second-order valence-electron chi connectivity index (χ2n) is 6.07. The third-order valence-corrected chi connectivity index (χ3v) is 4.68. The molecule has 3 heterocycles. The number of nitrogens with zero attached hydrogens (tertiary/aromatic N) is 1. The van der Waals surface area contributed by atoms with Crippen LogP contribution in [0, 0.1) is 5.41 Å². The first kappa shape index (κ1) is 14.1. The molecule has 0 bridgehead atoms. The summed E-state index contributed by atoms with van der Waals surface area (Å²) in [5, 5.41) is 8.41. The van der Waals surface area contributed by atoms with Crippen molar-refractivity contribution in [2.24, 2.45) is 0 Å². The van der Waals surface area contributed by atoms with Gasteiger partial charge in [0.05, 0.1) is 23.0 Å². The molecule has 5 nitrogen and oxygen atoms in total. The van der Waals surface area contributed by atoms with E-state index in [0.717, 1.165) is 35.2 Å². The Labute approximate surface area is 134 Å². The van der Waals surface area contributed by atoms with E-state index in [1.807, 2.05) is 12.1 Å². The van der Waals surface area contributed by atoms with Crippen molar-refractivity contribution in [3.63, 3.8) is 0 Å². The van der Waals surface area contributed by atoms with Crippen molar-refractivity contribution >= 4 is 28.9 Å². The predicted molar refractivity (Wildman–Crippen MR) is 92.2 cm³/mol. The summed E-state index contributed by atoms with van der Waals surface area (Å²) < 4.78 is 5.42. The summed E-state index contributed by atoms with van der Waals surface area (Å²) in [6.07, 6.45) is 6.64. The lowest BCUT2D eigenvalue weighted by atomic mass is 9.99. The number of aromatic amines is 1. The van der Waals surface area contributed by atoms with Crippen LogP contribution in [0.15, 0.2) is 28.8 Å². The maximum atomic E-state index is 12.5. The number of anilines is 1. The molecular formula is C18H19N3O2. The number of hydrogen-bond donors (Lipinski definition) is 2. The number of para-hydroxylation sites is 1. The Morgan fingerprint density at radius 3 is 2.83 bits per heavy atom. The summed E-state index contributed by atoms with van der Waals surface area (Å²) in [6, 6.07) is 6.15. The van der Waals surface area contributed by atoms with E-state index in [0.29, 0.717) is 11.3 Å². The number of benzene rings is 1. The molecule has 0 aliphatic carbocycles. The van der Waals surface area contributed by atoms with E-state index in [9.17, 15) is 4.79 Å². The van der Waals surface area contributed by atoms with Gasteiger partial charge < -0.3 is 20.0 Å². The van der Waals surface area contributed by atoms with E-state index in [4.69, 9.17) is 10.1 Å². The van der Waals surface area contributed by atoms with Gasteiger partial charge >= 0.3 is 0 Å². The lowest BCUT2D eigenvalue weighted by Gasteiger charge is -2.30. The predicted octanol–water partition coefficient (Wildman–Crippen LogP) is 3.04. The van der Waals surface area contributed by atoms with Crippen LogP contribution in [0.3, 0.4) is 0 Å². The highest BCUT2D eigenvalue weighted by Crippen LogP contribution is 2.32. The Hall–Kier alpha value is -2.56. The van der Waals surface area contributed by atoms with Gasteiger partial charge in [-0.15, -0.1) is 0 Å². The monoisotopic (exact) mass is 309 g/mol. The highest BCUT2D eigenvalue weighted by molar-refractivity contribution is 5.99. The number of rotatable bonds is 2. The maximum absolute atomic E-state index is 12.5.